The number of aromatic nitrogens is 1. The Morgan fingerprint density at radius 2 is 2.00 bits per heavy atom. The molecule has 1 aromatic carbocycles. The van der Waals surface area contributed by atoms with E-state index in [1.165, 1.54) is 24.3 Å². The summed E-state index contributed by atoms with van der Waals surface area (Å²) < 4.78 is 0. The number of benzene rings is 1. The SMILES string of the molecule is O=C(Nc1ccc([N+](=O)[O-])cc1Cl)c1cccc(Cl)n1. The fraction of sp³-hybridized carbons (Fsp3) is 0. The first-order valence-corrected chi connectivity index (χ1v) is 6.11. The molecule has 102 valence electrons. The van der Waals surface area contributed by atoms with Crippen molar-refractivity contribution in [2.45, 2.75) is 0 Å². The number of nitro benzene ring substituents is 1. The fourth-order valence-corrected chi connectivity index (χ4v) is 1.83. The first-order valence-electron chi connectivity index (χ1n) is 5.35. The Labute approximate surface area is 123 Å². The van der Waals surface area contributed by atoms with E-state index in [9.17, 15) is 14.9 Å². The number of hydrogen-bond donors (Lipinski definition) is 1. The van der Waals surface area contributed by atoms with E-state index in [0.29, 0.717) is 0 Å². The van der Waals surface area contributed by atoms with Gasteiger partial charge in [0, 0.05) is 12.1 Å². The molecule has 1 heterocycles. The van der Waals surface area contributed by atoms with Gasteiger partial charge < -0.3 is 5.32 Å². The van der Waals surface area contributed by atoms with Crippen LogP contribution in [0.25, 0.3) is 0 Å². The van der Waals surface area contributed by atoms with Gasteiger partial charge in [0.1, 0.15) is 10.8 Å². The fourth-order valence-electron chi connectivity index (χ4n) is 1.44. The highest BCUT2D eigenvalue weighted by molar-refractivity contribution is 6.34. The lowest BCUT2D eigenvalue weighted by Crippen LogP contribution is -2.13. The maximum Gasteiger partial charge on any atom is 0.274 e. The number of nitrogens with zero attached hydrogens (tertiary/aromatic N) is 2. The highest BCUT2D eigenvalue weighted by Crippen LogP contribution is 2.26. The summed E-state index contributed by atoms with van der Waals surface area (Å²) in [6.45, 7) is 0. The van der Waals surface area contributed by atoms with Gasteiger partial charge in [-0.25, -0.2) is 4.98 Å². The van der Waals surface area contributed by atoms with Crippen LogP contribution in [0.15, 0.2) is 36.4 Å². The van der Waals surface area contributed by atoms with Gasteiger partial charge in [-0.3, -0.25) is 14.9 Å². The second-order valence-corrected chi connectivity index (χ2v) is 4.52. The maximum absolute atomic E-state index is 11.9. The Balaban J connectivity index is 2.22. The van der Waals surface area contributed by atoms with Crippen LogP contribution in [-0.2, 0) is 0 Å². The molecule has 0 spiro atoms. The molecule has 2 rings (SSSR count). The van der Waals surface area contributed by atoms with Crippen LogP contribution in [0.3, 0.4) is 0 Å². The van der Waals surface area contributed by atoms with Crippen molar-refractivity contribution in [2.75, 3.05) is 5.32 Å². The number of halogens is 2. The molecular weight excluding hydrogens is 305 g/mol. The van der Waals surface area contributed by atoms with Gasteiger partial charge >= 0.3 is 0 Å². The molecule has 0 saturated heterocycles. The minimum absolute atomic E-state index is 0.0644. The van der Waals surface area contributed by atoms with Gasteiger partial charge in [0.05, 0.1) is 15.6 Å². The van der Waals surface area contributed by atoms with Crippen molar-refractivity contribution in [3.05, 3.63) is 62.4 Å². The highest BCUT2D eigenvalue weighted by atomic mass is 35.5. The molecule has 0 atom stereocenters. The minimum Gasteiger partial charge on any atom is -0.319 e. The molecule has 1 aromatic heterocycles. The quantitative estimate of drug-likeness (QED) is 0.533. The van der Waals surface area contributed by atoms with E-state index in [-0.39, 0.29) is 27.2 Å². The number of pyridine rings is 1. The number of amides is 1. The third-order valence-corrected chi connectivity index (χ3v) is 2.88. The second-order valence-electron chi connectivity index (χ2n) is 3.72. The second kappa shape index (κ2) is 5.85. The van der Waals surface area contributed by atoms with Gasteiger partial charge in [-0.15, -0.1) is 0 Å². The van der Waals surface area contributed by atoms with Gasteiger partial charge in [-0.2, -0.15) is 0 Å². The molecule has 1 amide bonds. The zero-order valence-electron chi connectivity index (χ0n) is 9.84. The van der Waals surface area contributed by atoms with Crippen molar-refractivity contribution >= 4 is 40.5 Å². The number of nitrogens with one attached hydrogen (secondary N) is 1. The average Bonchev–Trinajstić information content (AvgIpc) is 2.40. The third-order valence-electron chi connectivity index (χ3n) is 2.36. The summed E-state index contributed by atoms with van der Waals surface area (Å²) in [6, 6.07) is 8.36. The van der Waals surface area contributed by atoms with Gasteiger partial charge in [0.25, 0.3) is 11.6 Å². The number of nitro groups is 1. The number of non-ortho nitro benzene ring substituents is 1. The van der Waals surface area contributed by atoms with Crippen molar-refractivity contribution in [1.29, 1.82) is 0 Å². The predicted octanol–water partition coefficient (Wildman–Crippen LogP) is 3.55. The van der Waals surface area contributed by atoms with E-state index in [2.05, 4.69) is 10.3 Å². The van der Waals surface area contributed by atoms with Gasteiger partial charge in [0.2, 0.25) is 0 Å². The molecule has 0 aliphatic heterocycles. The number of hydrogen-bond acceptors (Lipinski definition) is 4. The Morgan fingerprint density at radius 3 is 2.60 bits per heavy atom. The Hall–Kier alpha value is -2.18. The third kappa shape index (κ3) is 3.23. The largest absolute Gasteiger partial charge is 0.319 e. The van der Waals surface area contributed by atoms with Crippen LogP contribution in [-0.4, -0.2) is 15.8 Å². The van der Waals surface area contributed by atoms with E-state index >= 15 is 0 Å². The summed E-state index contributed by atoms with van der Waals surface area (Å²) >= 11 is 11.6. The smallest absolute Gasteiger partial charge is 0.274 e. The van der Waals surface area contributed by atoms with Crippen LogP contribution in [0.4, 0.5) is 11.4 Å². The van der Waals surface area contributed by atoms with Crippen LogP contribution in [0.5, 0.6) is 0 Å². The molecule has 0 unspecified atom stereocenters. The Morgan fingerprint density at radius 1 is 1.25 bits per heavy atom. The van der Waals surface area contributed by atoms with Crippen LogP contribution in [0, 0.1) is 10.1 Å². The summed E-state index contributed by atoms with van der Waals surface area (Å²) in [6.07, 6.45) is 0. The van der Waals surface area contributed by atoms with Crippen molar-refractivity contribution in [1.82, 2.24) is 4.98 Å². The standard InChI is InChI=1S/C12H7Cl2N3O3/c13-8-6-7(17(19)20)4-5-9(8)16-12(18)10-2-1-3-11(14)15-10/h1-6H,(H,16,18). The number of anilines is 1. The van der Waals surface area contributed by atoms with Crippen LogP contribution < -0.4 is 5.32 Å². The first-order chi connectivity index (χ1) is 9.47. The molecule has 6 nitrogen and oxygen atoms in total. The molecule has 0 fully saturated rings. The molecule has 0 saturated carbocycles. The van der Waals surface area contributed by atoms with E-state index < -0.39 is 10.8 Å². The molecule has 0 radical (unpaired) electrons. The summed E-state index contributed by atoms with van der Waals surface area (Å²) in [5, 5.41) is 13.3. The van der Waals surface area contributed by atoms with E-state index in [0.717, 1.165) is 6.07 Å². The van der Waals surface area contributed by atoms with E-state index in [1.807, 2.05) is 0 Å². The Bertz CT molecular complexity index is 691. The molecular formula is C12H7Cl2N3O3. The van der Waals surface area contributed by atoms with Crippen molar-refractivity contribution in [2.24, 2.45) is 0 Å². The summed E-state index contributed by atoms with van der Waals surface area (Å²) in [5.74, 6) is -0.511. The maximum atomic E-state index is 11.9. The topological polar surface area (TPSA) is 85.1 Å². The monoisotopic (exact) mass is 311 g/mol. The number of carbonyl (C=O) groups is 1. The predicted molar refractivity (Wildman–Crippen MR) is 75.3 cm³/mol. The number of rotatable bonds is 3. The van der Waals surface area contributed by atoms with E-state index in [1.54, 1.807) is 6.07 Å². The molecule has 8 heteroatoms. The molecule has 1 N–H and O–H groups in total. The summed E-state index contributed by atoms with van der Waals surface area (Å²) in [4.78, 5) is 25.8. The normalized spacial score (nSPS) is 10.1. The highest BCUT2D eigenvalue weighted by Gasteiger charge is 2.13. The van der Waals surface area contributed by atoms with Crippen LogP contribution in [0.1, 0.15) is 10.5 Å². The molecule has 2 aromatic rings. The van der Waals surface area contributed by atoms with Crippen LogP contribution in [0.2, 0.25) is 10.2 Å². The molecule has 20 heavy (non-hydrogen) atoms. The molecule has 0 aliphatic carbocycles. The Kier molecular flexibility index (Phi) is 4.16. The van der Waals surface area contributed by atoms with Crippen molar-refractivity contribution < 1.29 is 9.72 Å². The average molecular weight is 312 g/mol. The number of carbonyl (C=O) groups excluding carboxylic acids is 1. The lowest BCUT2D eigenvalue weighted by molar-refractivity contribution is -0.384. The minimum atomic E-state index is -0.573. The van der Waals surface area contributed by atoms with Gasteiger partial charge in [-0.1, -0.05) is 29.3 Å². The molecule has 0 bridgehead atoms. The summed E-state index contributed by atoms with van der Waals surface area (Å²) in [5.41, 5.74) is 0.213. The summed E-state index contributed by atoms with van der Waals surface area (Å²) in [7, 11) is 0. The van der Waals surface area contributed by atoms with Crippen molar-refractivity contribution in [3.63, 3.8) is 0 Å². The lowest BCUT2D eigenvalue weighted by Gasteiger charge is -2.06. The van der Waals surface area contributed by atoms with Crippen molar-refractivity contribution in [3.8, 4) is 0 Å². The van der Waals surface area contributed by atoms with Gasteiger partial charge in [0.15, 0.2) is 0 Å². The zero-order chi connectivity index (χ0) is 14.7. The lowest BCUT2D eigenvalue weighted by atomic mass is 10.2. The van der Waals surface area contributed by atoms with E-state index in [4.69, 9.17) is 23.2 Å². The zero-order valence-corrected chi connectivity index (χ0v) is 11.4. The van der Waals surface area contributed by atoms with Gasteiger partial charge in [-0.05, 0) is 18.2 Å². The molecule has 0 aliphatic rings. The van der Waals surface area contributed by atoms with Crippen LogP contribution >= 0.6 is 23.2 Å². The first kappa shape index (κ1) is 14.2.